The molecule has 1 aromatic carbocycles. The van der Waals surface area contributed by atoms with E-state index in [1.165, 1.54) is 0 Å². The number of benzene rings is 1. The van der Waals surface area contributed by atoms with Crippen molar-refractivity contribution in [1.29, 1.82) is 0 Å². The zero-order valence-corrected chi connectivity index (χ0v) is 12.3. The molecule has 20 heavy (non-hydrogen) atoms. The lowest BCUT2D eigenvalue weighted by Gasteiger charge is -2.14. The first-order chi connectivity index (χ1) is 9.56. The third kappa shape index (κ3) is 2.03. The van der Waals surface area contributed by atoms with Gasteiger partial charge in [0.1, 0.15) is 11.6 Å². The van der Waals surface area contributed by atoms with E-state index >= 15 is 0 Å². The molecule has 0 saturated heterocycles. The summed E-state index contributed by atoms with van der Waals surface area (Å²) in [4.78, 5) is 13.5. The average molecular weight is 266 g/mol. The van der Waals surface area contributed by atoms with Crippen molar-refractivity contribution in [3.63, 3.8) is 0 Å². The van der Waals surface area contributed by atoms with E-state index in [4.69, 9.17) is 9.97 Å². The molecule has 0 aliphatic carbocycles. The van der Waals surface area contributed by atoms with E-state index in [9.17, 15) is 0 Å². The van der Waals surface area contributed by atoms with Gasteiger partial charge >= 0.3 is 0 Å². The van der Waals surface area contributed by atoms with Crippen molar-refractivity contribution >= 4 is 33.4 Å². The van der Waals surface area contributed by atoms with Gasteiger partial charge in [-0.3, -0.25) is 0 Å². The summed E-state index contributed by atoms with van der Waals surface area (Å²) in [6, 6.07) is 12.5. The van der Waals surface area contributed by atoms with Crippen molar-refractivity contribution in [1.82, 2.24) is 9.97 Å². The highest BCUT2D eigenvalue weighted by Crippen LogP contribution is 2.26. The predicted molar refractivity (Wildman–Crippen MR) is 85.7 cm³/mol. The first-order valence-electron chi connectivity index (χ1n) is 6.61. The van der Waals surface area contributed by atoms with Crippen molar-refractivity contribution in [3.05, 3.63) is 36.4 Å². The van der Waals surface area contributed by atoms with E-state index in [0.29, 0.717) is 0 Å². The summed E-state index contributed by atoms with van der Waals surface area (Å²) in [5.74, 6) is 1.89. The molecule has 4 nitrogen and oxygen atoms in total. The minimum Gasteiger partial charge on any atom is -0.363 e. The fourth-order valence-electron chi connectivity index (χ4n) is 2.25. The van der Waals surface area contributed by atoms with E-state index in [2.05, 4.69) is 24.3 Å². The number of rotatable bonds is 2. The molecule has 102 valence electrons. The molecular formula is C16H18N4. The molecule has 0 aliphatic heterocycles. The minimum atomic E-state index is 0.946. The van der Waals surface area contributed by atoms with Crippen LogP contribution in [0.1, 0.15) is 0 Å². The molecule has 3 aromatic rings. The molecule has 2 aromatic heterocycles. The van der Waals surface area contributed by atoms with Crippen LogP contribution >= 0.6 is 0 Å². The normalized spacial score (nSPS) is 11.0. The van der Waals surface area contributed by atoms with E-state index in [-0.39, 0.29) is 0 Å². The Bertz CT molecular complexity index is 711. The van der Waals surface area contributed by atoms with Crippen LogP contribution in [-0.2, 0) is 0 Å². The van der Waals surface area contributed by atoms with Gasteiger partial charge in [0, 0.05) is 39.0 Å². The van der Waals surface area contributed by atoms with Crippen LogP contribution in [0.2, 0.25) is 0 Å². The van der Waals surface area contributed by atoms with Gasteiger partial charge in [-0.25, -0.2) is 9.97 Å². The smallest absolute Gasteiger partial charge is 0.128 e. The van der Waals surface area contributed by atoms with Crippen LogP contribution in [0.15, 0.2) is 36.4 Å². The molecule has 0 N–H and O–H groups in total. The summed E-state index contributed by atoms with van der Waals surface area (Å²) >= 11 is 0. The number of hydrogen-bond acceptors (Lipinski definition) is 4. The molecule has 0 bridgehead atoms. The van der Waals surface area contributed by atoms with Gasteiger partial charge < -0.3 is 9.80 Å². The quantitative estimate of drug-likeness (QED) is 0.668. The Kier molecular flexibility index (Phi) is 2.93. The second-order valence-corrected chi connectivity index (χ2v) is 5.34. The lowest BCUT2D eigenvalue weighted by Crippen LogP contribution is -2.11. The molecule has 0 fully saturated rings. The highest BCUT2D eigenvalue weighted by molar-refractivity contribution is 6.03. The largest absolute Gasteiger partial charge is 0.363 e. The maximum Gasteiger partial charge on any atom is 0.128 e. The molecule has 0 aliphatic rings. The molecular weight excluding hydrogens is 248 g/mol. The molecule has 0 saturated carbocycles. The summed E-state index contributed by atoms with van der Waals surface area (Å²) < 4.78 is 0. The van der Waals surface area contributed by atoms with E-state index in [1.54, 1.807) is 0 Å². The Morgan fingerprint density at radius 3 is 1.30 bits per heavy atom. The highest BCUT2D eigenvalue weighted by Gasteiger charge is 2.07. The van der Waals surface area contributed by atoms with Crippen LogP contribution in [0, 0.1) is 0 Å². The fraction of sp³-hybridized carbons (Fsp3) is 0.250. The molecule has 0 radical (unpaired) electrons. The number of aromatic nitrogens is 2. The summed E-state index contributed by atoms with van der Waals surface area (Å²) in [7, 11) is 7.99. The fourth-order valence-corrected chi connectivity index (χ4v) is 2.25. The zero-order valence-electron chi connectivity index (χ0n) is 12.3. The predicted octanol–water partition coefficient (Wildman–Crippen LogP) is 2.92. The SMILES string of the molecule is CN(C)c1ccc2ccc3ccc(N(C)C)nc3c2n1. The van der Waals surface area contributed by atoms with Gasteiger partial charge in [-0.1, -0.05) is 12.1 Å². The van der Waals surface area contributed by atoms with Crippen LogP contribution in [0.3, 0.4) is 0 Å². The lowest BCUT2D eigenvalue weighted by molar-refractivity contribution is 1.08. The molecule has 2 heterocycles. The maximum atomic E-state index is 4.75. The second kappa shape index (κ2) is 4.63. The third-order valence-electron chi connectivity index (χ3n) is 3.41. The molecule has 0 spiro atoms. The Labute approximate surface area is 118 Å². The van der Waals surface area contributed by atoms with Crippen LogP contribution in [0.4, 0.5) is 11.6 Å². The van der Waals surface area contributed by atoms with Crippen molar-refractivity contribution in [2.75, 3.05) is 38.0 Å². The summed E-state index contributed by atoms with van der Waals surface area (Å²) in [5.41, 5.74) is 1.91. The Morgan fingerprint density at radius 1 is 0.600 bits per heavy atom. The van der Waals surface area contributed by atoms with E-state index in [1.807, 2.05) is 50.1 Å². The topological polar surface area (TPSA) is 32.3 Å². The standard InChI is InChI=1S/C16H18N4/c1-19(2)13-9-7-11-5-6-12-8-10-14(20(3)4)18-16(12)15(11)17-13/h5-10H,1-4H3. The van der Waals surface area contributed by atoms with Gasteiger partial charge in [-0.15, -0.1) is 0 Å². The zero-order chi connectivity index (χ0) is 14.3. The Balaban J connectivity index is 2.36. The van der Waals surface area contributed by atoms with Crippen LogP contribution in [0.5, 0.6) is 0 Å². The van der Waals surface area contributed by atoms with Gasteiger partial charge in [0.2, 0.25) is 0 Å². The van der Waals surface area contributed by atoms with Crippen molar-refractivity contribution in [2.45, 2.75) is 0 Å². The first kappa shape index (κ1) is 12.7. The number of hydrogen-bond donors (Lipinski definition) is 0. The third-order valence-corrected chi connectivity index (χ3v) is 3.41. The van der Waals surface area contributed by atoms with E-state index in [0.717, 1.165) is 33.4 Å². The summed E-state index contributed by atoms with van der Waals surface area (Å²) in [5, 5.41) is 2.23. The second-order valence-electron chi connectivity index (χ2n) is 5.34. The van der Waals surface area contributed by atoms with Gasteiger partial charge in [-0.05, 0) is 24.3 Å². The number of pyridine rings is 2. The Morgan fingerprint density at radius 2 is 0.950 bits per heavy atom. The first-order valence-corrected chi connectivity index (χ1v) is 6.61. The molecule has 3 rings (SSSR count). The molecule has 0 atom stereocenters. The van der Waals surface area contributed by atoms with Crippen molar-refractivity contribution < 1.29 is 0 Å². The average Bonchev–Trinajstić information content (AvgIpc) is 2.45. The minimum absolute atomic E-state index is 0.946. The van der Waals surface area contributed by atoms with Crippen LogP contribution in [0.25, 0.3) is 21.8 Å². The molecule has 0 amide bonds. The van der Waals surface area contributed by atoms with Gasteiger partial charge in [-0.2, -0.15) is 0 Å². The summed E-state index contributed by atoms with van der Waals surface area (Å²) in [6.07, 6.45) is 0. The number of anilines is 2. The lowest BCUT2D eigenvalue weighted by atomic mass is 10.1. The summed E-state index contributed by atoms with van der Waals surface area (Å²) in [6.45, 7) is 0. The Hall–Kier alpha value is -2.36. The maximum absolute atomic E-state index is 4.75. The highest BCUT2D eigenvalue weighted by atomic mass is 15.1. The monoisotopic (exact) mass is 266 g/mol. The molecule has 0 unspecified atom stereocenters. The van der Waals surface area contributed by atoms with Gasteiger partial charge in [0.25, 0.3) is 0 Å². The van der Waals surface area contributed by atoms with Crippen LogP contribution < -0.4 is 9.80 Å². The van der Waals surface area contributed by atoms with Gasteiger partial charge in [0.05, 0.1) is 11.0 Å². The van der Waals surface area contributed by atoms with Crippen molar-refractivity contribution in [3.8, 4) is 0 Å². The molecule has 4 heteroatoms. The number of fused-ring (bicyclic) bond motifs is 3. The van der Waals surface area contributed by atoms with E-state index < -0.39 is 0 Å². The number of nitrogens with zero attached hydrogens (tertiary/aromatic N) is 4. The van der Waals surface area contributed by atoms with Crippen molar-refractivity contribution in [2.24, 2.45) is 0 Å². The van der Waals surface area contributed by atoms with Gasteiger partial charge in [0.15, 0.2) is 0 Å². The van der Waals surface area contributed by atoms with Crippen LogP contribution in [-0.4, -0.2) is 38.2 Å².